The molecule has 2 aromatic rings. The number of aldehydes is 1. The molecule has 0 radical (unpaired) electrons. The highest BCUT2D eigenvalue weighted by molar-refractivity contribution is 5.99. The minimum absolute atomic E-state index is 0.0207. The first-order valence-corrected chi connectivity index (χ1v) is 6.20. The Kier molecular flexibility index (Phi) is 4.15. The zero-order valence-electron chi connectivity index (χ0n) is 11.0. The van der Waals surface area contributed by atoms with Crippen LogP contribution in [0.2, 0.25) is 0 Å². The van der Waals surface area contributed by atoms with Gasteiger partial charge in [0.15, 0.2) is 6.29 Å². The number of benzene rings is 1. The minimum atomic E-state index is -0.633. The molecular weight excluding hydrogens is 254 g/mol. The minimum Gasteiger partial charge on any atom is -0.422 e. The fraction of sp³-hybridized carbons (Fsp3) is 0.125. The first kappa shape index (κ1) is 13.8. The van der Waals surface area contributed by atoms with Crippen LogP contribution >= 0.6 is 0 Å². The van der Waals surface area contributed by atoms with Crippen LogP contribution in [0, 0.1) is 0 Å². The Labute approximate surface area is 116 Å². The Morgan fingerprint density at radius 1 is 1.15 bits per heavy atom. The van der Waals surface area contributed by atoms with E-state index in [0.29, 0.717) is 30.6 Å². The third-order valence-electron chi connectivity index (χ3n) is 2.95. The molecule has 0 aliphatic heterocycles. The Balaban J connectivity index is 2.81. The number of carbonyl (C=O) groups excluding carboxylic acids is 1. The third kappa shape index (κ3) is 2.40. The Morgan fingerprint density at radius 2 is 1.80 bits per heavy atom. The molecule has 0 saturated carbocycles. The molecule has 0 saturated heterocycles. The van der Waals surface area contributed by atoms with Gasteiger partial charge in [-0.05, 0) is 12.1 Å². The van der Waals surface area contributed by atoms with Gasteiger partial charge in [0.1, 0.15) is 11.1 Å². The number of para-hydroxylation sites is 1. The molecule has 4 nitrogen and oxygen atoms in total. The number of anilines is 1. The van der Waals surface area contributed by atoms with E-state index in [9.17, 15) is 9.59 Å². The lowest BCUT2D eigenvalue weighted by Gasteiger charge is -2.24. The molecule has 1 aromatic heterocycles. The third-order valence-corrected chi connectivity index (χ3v) is 2.95. The normalized spacial score (nSPS) is 10.2. The zero-order valence-corrected chi connectivity index (χ0v) is 11.0. The predicted octanol–water partition coefficient (Wildman–Crippen LogP) is 2.78. The highest BCUT2D eigenvalue weighted by Crippen LogP contribution is 2.28. The van der Waals surface area contributed by atoms with Gasteiger partial charge in [-0.1, -0.05) is 24.3 Å². The van der Waals surface area contributed by atoms with Crippen molar-refractivity contribution < 1.29 is 9.21 Å². The van der Waals surface area contributed by atoms with Crippen molar-refractivity contribution in [2.75, 3.05) is 18.0 Å². The number of fused-ring (bicyclic) bond motifs is 1. The summed E-state index contributed by atoms with van der Waals surface area (Å²) < 4.78 is 5.17. The van der Waals surface area contributed by atoms with Gasteiger partial charge in [-0.2, -0.15) is 0 Å². The second-order valence-electron chi connectivity index (χ2n) is 4.25. The van der Waals surface area contributed by atoms with Crippen LogP contribution in [0.4, 0.5) is 5.69 Å². The average molecular weight is 269 g/mol. The molecule has 0 fully saturated rings. The first-order valence-electron chi connectivity index (χ1n) is 6.20. The van der Waals surface area contributed by atoms with Gasteiger partial charge in [0.25, 0.3) is 0 Å². The topological polar surface area (TPSA) is 50.5 Å². The maximum atomic E-state index is 11.9. The Bertz CT molecular complexity index is 705. The molecule has 1 aromatic carbocycles. The van der Waals surface area contributed by atoms with Crippen LogP contribution in [-0.2, 0) is 0 Å². The summed E-state index contributed by atoms with van der Waals surface area (Å²) >= 11 is 0. The zero-order chi connectivity index (χ0) is 14.5. The lowest BCUT2D eigenvalue weighted by atomic mass is 10.1. The molecule has 0 atom stereocenters. The van der Waals surface area contributed by atoms with Gasteiger partial charge in [0.05, 0.1) is 5.69 Å². The van der Waals surface area contributed by atoms with Crippen molar-refractivity contribution in [1.29, 1.82) is 0 Å². The van der Waals surface area contributed by atoms with E-state index in [1.165, 1.54) is 0 Å². The van der Waals surface area contributed by atoms with E-state index in [-0.39, 0.29) is 5.56 Å². The van der Waals surface area contributed by atoms with E-state index in [4.69, 9.17) is 4.42 Å². The summed E-state index contributed by atoms with van der Waals surface area (Å²) in [6, 6.07) is 7.13. The molecule has 0 amide bonds. The van der Waals surface area contributed by atoms with Crippen molar-refractivity contribution in [3.05, 3.63) is 65.6 Å². The quantitative estimate of drug-likeness (QED) is 0.459. The standard InChI is InChI=1S/C16H15NO3/c1-3-9-17(10-4-2)15-12-7-5-6-8-14(12)20-16(19)13(15)11-18/h3-8,11H,1-2,9-10H2. The monoisotopic (exact) mass is 269 g/mol. The van der Waals surface area contributed by atoms with Gasteiger partial charge in [-0.25, -0.2) is 4.79 Å². The SMILES string of the molecule is C=CCN(CC=C)c1c(C=O)c(=O)oc2ccccc12. The molecule has 0 bridgehead atoms. The lowest BCUT2D eigenvalue weighted by Crippen LogP contribution is -2.27. The Hall–Kier alpha value is -2.62. The number of hydrogen-bond acceptors (Lipinski definition) is 4. The number of nitrogens with zero attached hydrogens (tertiary/aromatic N) is 1. The summed E-state index contributed by atoms with van der Waals surface area (Å²) in [6.45, 7) is 8.40. The fourth-order valence-corrected chi connectivity index (χ4v) is 2.16. The van der Waals surface area contributed by atoms with Gasteiger partial charge in [-0.15, -0.1) is 13.2 Å². The van der Waals surface area contributed by atoms with Crippen LogP contribution in [0.15, 0.2) is 58.8 Å². The number of rotatable bonds is 6. The molecule has 0 N–H and O–H groups in total. The largest absolute Gasteiger partial charge is 0.422 e. The summed E-state index contributed by atoms with van der Waals surface area (Å²) in [5, 5.41) is 0.720. The van der Waals surface area contributed by atoms with Crippen LogP contribution in [0.5, 0.6) is 0 Å². The smallest absolute Gasteiger partial charge is 0.349 e. The second-order valence-corrected chi connectivity index (χ2v) is 4.25. The molecule has 0 aliphatic carbocycles. The summed E-state index contributed by atoms with van der Waals surface area (Å²) in [7, 11) is 0. The molecular formula is C16H15NO3. The average Bonchev–Trinajstić information content (AvgIpc) is 2.45. The number of carbonyl (C=O) groups is 1. The van der Waals surface area contributed by atoms with Crippen LogP contribution in [-0.4, -0.2) is 19.4 Å². The fourth-order valence-electron chi connectivity index (χ4n) is 2.16. The van der Waals surface area contributed by atoms with Gasteiger partial charge in [0, 0.05) is 18.5 Å². The molecule has 0 spiro atoms. The van der Waals surface area contributed by atoms with Gasteiger partial charge >= 0.3 is 5.63 Å². The van der Waals surface area contributed by atoms with Crippen molar-refractivity contribution in [1.82, 2.24) is 0 Å². The van der Waals surface area contributed by atoms with Crippen molar-refractivity contribution in [3.63, 3.8) is 0 Å². The van der Waals surface area contributed by atoms with Crippen LogP contribution in [0.25, 0.3) is 11.0 Å². The summed E-state index contributed by atoms with van der Waals surface area (Å²) in [6.07, 6.45) is 3.95. The van der Waals surface area contributed by atoms with Gasteiger partial charge in [0.2, 0.25) is 0 Å². The van der Waals surface area contributed by atoms with E-state index in [2.05, 4.69) is 13.2 Å². The van der Waals surface area contributed by atoms with E-state index in [1.807, 2.05) is 17.0 Å². The van der Waals surface area contributed by atoms with Gasteiger partial charge < -0.3 is 9.32 Å². The van der Waals surface area contributed by atoms with Crippen molar-refractivity contribution in [3.8, 4) is 0 Å². The van der Waals surface area contributed by atoms with E-state index < -0.39 is 5.63 Å². The maximum Gasteiger partial charge on any atom is 0.349 e. The van der Waals surface area contributed by atoms with E-state index >= 15 is 0 Å². The first-order chi connectivity index (χ1) is 9.72. The molecule has 4 heteroatoms. The van der Waals surface area contributed by atoms with Crippen LogP contribution in [0.3, 0.4) is 0 Å². The molecule has 0 unspecified atom stereocenters. The lowest BCUT2D eigenvalue weighted by molar-refractivity contribution is 0.112. The molecule has 2 rings (SSSR count). The molecule has 1 heterocycles. The van der Waals surface area contributed by atoms with E-state index in [1.54, 1.807) is 24.3 Å². The van der Waals surface area contributed by atoms with Crippen molar-refractivity contribution in [2.45, 2.75) is 0 Å². The predicted molar refractivity (Wildman–Crippen MR) is 80.5 cm³/mol. The second kappa shape index (κ2) is 6.02. The van der Waals surface area contributed by atoms with Crippen molar-refractivity contribution >= 4 is 22.9 Å². The maximum absolute atomic E-state index is 11.9. The summed E-state index contributed by atoms with van der Waals surface area (Å²) in [5.74, 6) is 0. The summed E-state index contributed by atoms with van der Waals surface area (Å²) in [5.41, 5.74) is 0.405. The molecule has 0 aliphatic rings. The summed E-state index contributed by atoms with van der Waals surface area (Å²) in [4.78, 5) is 25.1. The highest BCUT2D eigenvalue weighted by Gasteiger charge is 2.18. The molecule has 20 heavy (non-hydrogen) atoms. The van der Waals surface area contributed by atoms with Crippen LogP contribution < -0.4 is 10.5 Å². The van der Waals surface area contributed by atoms with Crippen LogP contribution in [0.1, 0.15) is 10.4 Å². The highest BCUT2D eigenvalue weighted by atomic mass is 16.4. The Morgan fingerprint density at radius 3 is 2.40 bits per heavy atom. The molecule has 102 valence electrons. The number of hydrogen-bond donors (Lipinski definition) is 0. The van der Waals surface area contributed by atoms with Gasteiger partial charge in [-0.3, -0.25) is 4.79 Å². The van der Waals surface area contributed by atoms with E-state index in [0.717, 1.165) is 5.39 Å². The van der Waals surface area contributed by atoms with Crippen molar-refractivity contribution in [2.24, 2.45) is 0 Å².